The molecule has 110 valence electrons. The van der Waals surface area contributed by atoms with Gasteiger partial charge in [-0.25, -0.2) is 8.42 Å². The molecule has 6 nitrogen and oxygen atoms in total. The number of halogens is 1. The second-order valence-corrected chi connectivity index (χ2v) is 6.72. The summed E-state index contributed by atoms with van der Waals surface area (Å²) in [7, 11) is -3.74. The van der Waals surface area contributed by atoms with Gasteiger partial charge >= 0.3 is 5.97 Å². The van der Waals surface area contributed by atoms with Crippen LogP contribution >= 0.6 is 11.6 Å². The van der Waals surface area contributed by atoms with Crippen LogP contribution in [0.5, 0.6) is 0 Å². The lowest BCUT2D eigenvalue weighted by atomic mass is 10.2. The van der Waals surface area contributed by atoms with Gasteiger partial charge in [0.1, 0.15) is 0 Å². The van der Waals surface area contributed by atoms with Crippen LogP contribution in [-0.2, 0) is 19.6 Å². The number of hydrogen-bond donors (Lipinski definition) is 1. The third kappa shape index (κ3) is 3.29. The van der Waals surface area contributed by atoms with Crippen molar-refractivity contribution in [2.24, 2.45) is 0 Å². The molecule has 1 aliphatic rings. The van der Waals surface area contributed by atoms with E-state index in [1.807, 2.05) is 0 Å². The fourth-order valence-electron chi connectivity index (χ4n) is 2.06. The number of benzene rings is 1. The Kier molecular flexibility index (Phi) is 4.64. The van der Waals surface area contributed by atoms with Crippen LogP contribution in [0, 0.1) is 0 Å². The number of ether oxygens (including phenoxy) is 1. The Balaban J connectivity index is 2.30. The first-order chi connectivity index (χ1) is 9.41. The van der Waals surface area contributed by atoms with E-state index in [-0.39, 0.29) is 31.1 Å². The maximum Gasteiger partial charge on any atom is 0.305 e. The number of carboxylic acid groups (broad SMARTS) is 1. The summed E-state index contributed by atoms with van der Waals surface area (Å²) in [6.45, 7) is 0.477. The third-order valence-electron chi connectivity index (χ3n) is 3.00. The smallest absolute Gasteiger partial charge is 0.305 e. The van der Waals surface area contributed by atoms with Crippen molar-refractivity contribution in [3.63, 3.8) is 0 Å². The van der Waals surface area contributed by atoms with Crippen molar-refractivity contribution in [2.45, 2.75) is 17.4 Å². The summed E-state index contributed by atoms with van der Waals surface area (Å²) in [6.07, 6.45) is -0.285. The Labute approximate surface area is 122 Å². The van der Waals surface area contributed by atoms with Crippen molar-refractivity contribution >= 4 is 27.6 Å². The van der Waals surface area contributed by atoms with Gasteiger partial charge in [0.05, 0.1) is 30.6 Å². The highest BCUT2D eigenvalue weighted by atomic mass is 35.5. The Bertz CT molecular complexity index is 586. The molecular weight excluding hydrogens is 306 g/mol. The number of hydrogen-bond acceptors (Lipinski definition) is 4. The summed E-state index contributed by atoms with van der Waals surface area (Å²) in [5.41, 5.74) is 0. The van der Waals surface area contributed by atoms with E-state index in [0.717, 1.165) is 0 Å². The summed E-state index contributed by atoms with van der Waals surface area (Å²) in [5, 5.41) is 9.30. The first-order valence-corrected chi connectivity index (χ1v) is 7.80. The molecule has 0 radical (unpaired) electrons. The van der Waals surface area contributed by atoms with Crippen molar-refractivity contribution in [1.29, 1.82) is 0 Å². The van der Waals surface area contributed by atoms with E-state index in [1.165, 1.54) is 28.6 Å². The van der Waals surface area contributed by atoms with Crippen LogP contribution in [0.4, 0.5) is 0 Å². The minimum atomic E-state index is -3.74. The van der Waals surface area contributed by atoms with Gasteiger partial charge in [-0.05, 0) is 24.3 Å². The monoisotopic (exact) mass is 319 g/mol. The highest BCUT2D eigenvalue weighted by Crippen LogP contribution is 2.23. The highest BCUT2D eigenvalue weighted by molar-refractivity contribution is 7.89. The molecule has 0 saturated carbocycles. The molecule has 1 unspecified atom stereocenters. The van der Waals surface area contributed by atoms with E-state index >= 15 is 0 Å². The number of aliphatic carboxylic acids is 1. The predicted octanol–water partition coefficient (Wildman–Crippen LogP) is 1.20. The number of carbonyl (C=O) groups is 1. The number of sulfonamides is 1. The molecule has 1 N–H and O–H groups in total. The van der Waals surface area contributed by atoms with Gasteiger partial charge in [0, 0.05) is 11.6 Å². The van der Waals surface area contributed by atoms with Gasteiger partial charge in [0.2, 0.25) is 10.0 Å². The van der Waals surface area contributed by atoms with Crippen LogP contribution in [0.3, 0.4) is 0 Å². The Morgan fingerprint density at radius 3 is 2.65 bits per heavy atom. The molecule has 1 fully saturated rings. The second-order valence-electron chi connectivity index (χ2n) is 4.40. The van der Waals surface area contributed by atoms with Crippen LogP contribution in [0.15, 0.2) is 29.2 Å². The van der Waals surface area contributed by atoms with Crippen molar-refractivity contribution in [1.82, 2.24) is 4.31 Å². The molecule has 2 rings (SSSR count). The van der Waals surface area contributed by atoms with Crippen molar-refractivity contribution < 1.29 is 23.1 Å². The molecule has 1 saturated heterocycles. The zero-order chi connectivity index (χ0) is 14.8. The van der Waals surface area contributed by atoms with Crippen molar-refractivity contribution in [3.05, 3.63) is 29.3 Å². The maximum atomic E-state index is 12.5. The first kappa shape index (κ1) is 15.2. The SMILES string of the molecule is O=C(O)CC1COCCN1S(=O)(=O)c1ccc(Cl)cc1. The third-order valence-corrected chi connectivity index (χ3v) is 5.22. The molecule has 0 bridgehead atoms. The van der Waals surface area contributed by atoms with Gasteiger partial charge in [-0.1, -0.05) is 11.6 Å². The molecule has 0 spiro atoms. The lowest BCUT2D eigenvalue weighted by Crippen LogP contribution is -2.49. The number of nitrogens with zero attached hydrogens (tertiary/aromatic N) is 1. The zero-order valence-electron chi connectivity index (χ0n) is 10.5. The standard InChI is InChI=1S/C12H14ClNO5S/c13-9-1-3-11(4-2-9)20(17,18)14-5-6-19-8-10(14)7-12(15)16/h1-4,10H,5-8H2,(H,15,16). The van der Waals surface area contributed by atoms with Crippen LogP contribution in [0.2, 0.25) is 5.02 Å². The lowest BCUT2D eigenvalue weighted by Gasteiger charge is -2.33. The molecular formula is C12H14ClNO5S. The Hall–Kier alpha value is -1.15. The fourth-order valence-corrected chi connectivity index (χ4v) is 3.78. The van der Waals surface area contributed by atoms with Crippen molar-refractivity contribution in [3.8, 4) is 0 Å². The molecule has 1 aromatic carbocycles. The summed E-state index contributed by atoms with van der Waals surface area (Å²) >= 11 is 5.74. The first-order valence-electron chi connectivity index (χ1n) is 5.98. The van der Waals surface area contributed by atoms with Gasteiger partial charge in [0.15, 0.2) is 0 Å². The minimum absolute atomic E-state index is 0.0825. The van der Waals surface area contributed by atoms with E-state index in [4.69, 9.17) is 21.4 Å². The van der Waals surface area contributed by atoms with E-state index in [2.05, 4.69) is 0 Å². The second kappa shape index (κ2) is 6.09. The van der Waals surface area contributed by atoms with Gasteiger partial charge in [-0.15, -0.1) is 0 Å². The van der Waals surface area contributed by atoms with Crippen LogP contribution in [-0.4, -0.2) is 49.6 Å². The molecule has 0 aromatic heterocycles. The van der Waals surface area contributed by atoms with E-state index in [0.29, 0.717) is 5.02 Å². The average Bonchev–Trinajstić information content (AvgIpc) is 2.39. The van der Waals surface area contributed by atoms with Crippen LogP contribution < -0.4 is 0 Å². The molecule has 0 amide bonds. The molecule has 1 aliphatic heterocycles. The lowest BCUT2D eigenvalue weighted by molar-refractivity contribution is -0.139. The predicted molar refractivity (Wildman–Crippen MR) is 72.2 cm³/mol. The molecule has 1 aromatic rings. The Morgan fingerprint density at radius 1 is 1.40 bits per heavy atom. The van der Waals surface area contributed by atoms with E-state index < -0.39 is 22.0 Å². The van der Waals surface area contributed by atoms with Gasteiger partial charge in [-0.3, -0.25) is 4.79 Å². The van der Waals surface area contributed by atoms with Gasteiger partial charge < -0.3 is 9.84 Å². The van der Waals surface area contributed by atoms with Crippen molar-refractivity contribution in [2.75, 3.05) is 19.8 Å². The molecule has 0 aliphatic carbocycles. The summed E-state index contributed by atoms with van der Waals surface area (Å²) in [4.78, 5) is 10.9. The topological polar surface area (TPSA) is 83.9 Å². The van der Waals surface area contributed by atoms with Crippen LogP contribution in [0.25, 0.3) is 0 Å². The largest absolute Gasteiger partial charge is 0.481 e. The van der Waals surface area contributed by atoms with Gasteiger partial charge in [-0.2, -0.15) is 4.31 Å². The fraction of sp³-hybridized carbons (Fsp3) is 0.417. The summed E-state index contributed by atoms with van der Waals surface area (Å²) < 4.78 is 31.4. The highest BCUT2D eigenvalue weighted by Gasteiger charge is 2.35. The molecule has 1 atom stereocenters. The Morgan fingerprint density at radius 2 is 2.05 bits per heavy atom. The number of morpholine rings is 1. The summed E-state index contributed by atoms with van der Waals surface area (Å²) in [6, 6.07) is 5.10. The number of carboxylic acids is 1. The quantitative estimate of drug-likeness (QED) is 0.901. The van der Waals surface area contributed by atoms with Gasteiger partial charge in [0.25, 0.3) is 0 Å². The average molecular weight is 320 g/mol. The van der Waals surface area contributed by atoms with E-state index in [9.17, 15) is 13.2 Å². The molecule has 1 heterocycles. The normalized spacial score (nSPS) is 20.8. The zero-order valence-corrected chi connectivity index (χ0v) is 12.1. The number of rotatable bonds is 4. The van der Waals surface area contributed by atoms with Crippen LogP contribution in [0.1, 0.15) is 6.42 Å². The van der Waals surface area contributed by atoms with E-state index in [1.54, 1.807) is 0 Å². The molecule has 20 heavy (non-hydrogen) atoms. The minimum Gasteiger partial charge on any atom is -0.481 e. The maximum absolute atomic E-state index is 12.5. The molecule has 8 heteroatoms. The summed E-state index contributed by atoms with van der Waals surface area (Å²) in [5.74, 6) is -1.06.